The number of hydrogen-bond acceptors (Lipinski definition) is 6. The van der Waals surface area contributed by atoms with Gasteiger partial charge in [0.25, 0.3) is 5.92 Å². The first kappa shape index (κ1) is 19.3. The van der Waals surface area contributed by atoms with Crippen LogP contribution in [-0.4, -0.2) is 16.6 Å². The molecule has 0 unspecified atom stereocenters. The third-order valence-electron chi connectivity index (χ3n) is 3.23. The summed E-state index contributed by atoms with van der Waals surface area (Å²) in [5.74, 6) is -4.95. The van der Waals surface area contributed by atoms with E-state index in [2.05, 4.69) is 20.4 Å². The van der Waals surface area contributed by atoms with Gasteiger partial charge in [-0.15, -0.1) is 0 Å². The molecule has 26 heavy (non-hydrogen) atoms. The SMILES string of the molecule is Cc1nc(OC/C(=C/Nc2ccc(F)c(C(C)(F)F)c2)N=N)ncc1F. The van der Waals surface area contributed by atoms with Crippen LogP contribution in [0.3, 0.4) is 0 Å². The van der Waals surface area contributed by atoms with Crippen molar-refractivity contribution in [3.63, 3.8) is 0 Å². The molecule has 0 spiro atoms. The number of alkyl halides is 2. The van der Waals surface area contributed by atoms with E-state index in [9.17, 15) is 17.6 Å². The first-order valence-corrected chi connectivity index (χ1v) is 7.33. The van der Waals surface area contributed by atoms with Crippen molar-refractivity contribution in [3.05, 3.63) is 59.2 Å². The summed E-state index contributed by atoms with van der Waals surface area (Å²) in [6.07, 6.45) is 2.18. The molecule has 0 aliphatic carbocycles. The molecular formula is C16H15F4N5O. The Morgan fingerprint density at radius 2 is 2.08 bits per heavy atom. The largest absolute Gasteiger partial charge is 0.457 e. The molecule has 0 saturated carbocycles. The van der Waals surface area contributed by atoms with Gasteiger partial charge in [-0.05, 0) is 25.1 Å². The fourth-order valence-corrected chi connectivity index (χ4v) is 1.86. The fourth-order valence-electron chi connectivity index (χ4n) is 1.86. The van der Waals surface area contributed by atoms with E-state index in [0.717, 1.165) is 18.3 Å². The summed E-state index contributed by atoms with van der Waals surface area (Å²) in [7, 11) is 0. The van der Waals surface area contributed by atoms with Gasteiger partial charge in [-0.3, -0.25) is 0 Å². The van der Waals surface area contributed by atoms with Gasteiger partial charge in [-0.25, -0.2) is 28.1 Å². The van der Waals surface area contributed by atoms with Crippen molar-refractivity contribution >= 4 is 5.69 Å². The van der Waals surface area contributed by atoms with Crippen LogP contribution in [0.5, 0.6) is 6.01 Å². The average molecular weight is 369 g/mol. The lowest BCUT2D eigenvalue weighted by Crippen LogP contribution is -2.10. The minimum atomic E-state index is -3.34. The number of aryl methyl sites for hydroxylation is 1. The normalized spacial score (nSPS) is 12.0. The number of nitrogens with one attached hydrogen (secondary N) is 2. The van der Waals surface area contributed by atoms with Crippen molar-refractivity contribution in [2.75, 3.05) is 11.9 Å². The van der Waals surface area contributed by atoms with Crippen molar-refractivity contribution in [1.29, 1.82) is 5.53 Å². The molecule has 1 heterocycles. The first-order chi connectivity index (χ1) is 12.2. The van der Waals surface area contributed by atoms with E-state index in [1.54, 1.807) is 0 Å². The van der Waals surface area contributed by atoms with E-state index in [0.29, 0.717) is 6.92 Å². The highest BCUT2D eigenvalue weighted by Gasteiger charge is 2.28. The van der Waals surface area contributed by atoms with Gasteiger partial charge in [0.05, 0.1) is 17.5 Å². The Kier molecular flexibility index (Phi) is 5.86. The van der Waals surface area contributed by atoms with E-state index in [1.165, 1.54) is 19.2 Å². The van der Waals surface area contributed by atoms with E-state index in [-0.39, 0.29) is 29.7 Å². The van der Waals surface area contributed by atoms with Crippen LogP contribution in [-0.2, 0) is 5.92 Å². The molecule has 1 aromatic heterocycles. The average Bonchev–Trinajstić information content (AvgIpc) is 2.58. The Hall–Kier alpha value is -3.04. The van der Waals surface area contributed by atoms with Crippen molar-refractivity contribution in [3.8, 4) is 6.01 Å². The zero-order valence-corrected chi connectivity index (χ0v) is 13.9. The number of halogens is 4. The smallest absolute Gasteiger partial charge is 0.317 e. The van der Waals surface area contributed by atoms with Gasteiger partial charge < -0.3 is 10.1 Å². The minimum Gasteiger partial charge on any atom is -0.457 e. The topological polar surface area (TPSA) is 83.2 Å². The van der Waals surface area contributed by atoms with Gasteiger partial charge in [0.15, 0.2) is 5.82 Å². The summed E-state index contributed by atoms with van der Waals surface area (Å²) < 4.78 is 58.4. The Labute approximate surface area is 146 Å². The van der Waals surface area contributed by atoms with Crippen LogP contribution >= 0.6 is 0 Å². The lowest BCUT2D eigenvalue weighted by molar-refractivity contribution is 0.0138. The Morgan fingerprint density at radius 3 is 2.69 bits per heavy atom. The lowest BCUT2D eigenvalue weighted by Gasteiger charge is -2.13. The number of benzene rings is 1. The molecule has 1 aromatic carbocycles. The molecule has 2 aromatic rings. The summed E-state index contributed by atoms with van der Waals surface area (Å²) in [5.41, 5.74) is 6.69. The number of nitrogens with zero attached hydrogens (tertiary/aromatic N) is 3. The molecule has 10 heteroatoms. The quantitative estimate of drug-likeness (QED) is 0.554. The van der Waals surface area contributed by atoms with E-state index in [1.807, 2.05) is 0 Å². The minimum absolute atomic E-state index is 0.0738. The van der Waals surface area contributed by atoms with E-state index >= 15 is 0 Å². The molecule has 6 nitrogen and oxygen atoms in total. The maximum absolute atomic E-state index is 13.5. The molecule has 0 radical (unpaired) electrons. The van der Waals surface area contributed by atoms with Gasteiger partial charge in [-0.2, -0.15) is 10.1 Å². The number of aromatic nitrogens is 2. The predicted molar refractivity (Wildman–Crippen MR) is 85.0 cm³/mol. The van der Waals surface area contributed by atoms with Crippen LogP contribution in [0, 0.1) is 24.1 Å². The summed E-state index contributed by atoms with van der Waals surface area (Å²) in [4.78, 5) is 7.39. The monoisotopic (exact) mass is 369 g/mol. The second kappa shape index (κ2) is 7.89. The van der Waals surface area contributed by atoms with Crippen molar-refractivity contribution in [2.24, 2.45) is 5.11 Å². The van der Waals surface area contributed by atoms with Gasteiger partial charge in [0.1, 0.15) is 18.1 Å². The molecule has 2 N–H and O–H groups in total. The van der Waals surface area contributed by atoms with E-state index in [4.69, 9.17) is 10.3 Å². The molecule has 0 fully saturated rings. The summed E-state index contributed by atoms with van der Waals surface area (Å²) >= 11 is 0. The van der Waals surface area contributed by atoms with Crippen LogP contribution in [0.25, 0.3) is 0 Å². The molecule has 0 aliphatic rings. The Bertz CT molecular complexity index is 836. The Morgan fingerprint density at radius 1 is 1.35 bits per heavy atom. The highest BCUT2D eigenvalue weighted by atomic mass is 19.3. The summed E-state index contributed by atoms with van der Waals surface area (Å²) in [6.45, 7) is 1.81. The van der Waals surface area contributed by atoms with Crippen molar-refractivity contribution in [1.82, 2.24) is 9.97 Å². The third-order valence-corrected chi connectivity index (χ3v) is 3.23. The standard InChI is InChI=1S/C16H15F4N5O/c1-9-14(18)7-23-15(24-9)26-8-11(25-21)6-22-10-3-4-13(17)12(5-10)16(2,19)20/h3-7,21-22H,8H2,1-2H3/b11-6-,25-21?. The van der Waals surface area contributed by atoms with Crippen molar-refractivity contribution < 1.29 is 22.3 Å². The number of hydrogen-bond donors (Lipinski definition) is 2. The molecule has 0 bridgehead atoms. The van der Waals surface area contributed by atoms with Crippen LogP contribution in [0.4, 0.5) is 23.2 Å². The first-order valence-electron chi connectivity index (χ1n) is 7.33. The van der Waals surface area contributed by atoms with Gasteiger partial charge >= 0.3 is 6.01 Å². The van der Waals surface area contributed by atoms with Crippen LogP contribution in [0.15, 0.2) is 41.4 Å². The second-order valence-corrected chi connectivity index (χ2v) is 5.35. The number of ether oxygens (including phenoxy) is 1. The Balaban J connectivity index is 2.07. The maximum Gasteiger partial charge on any atom is 0.317 e. The number of rotatable bonds is 7. The summed E-state index contributed by atoms with van der Waals surface area (Å²) in [5, 5.41) is 5.85. The van der Waals surface area contributed by atoms with Gasteiger partial charge in [0, 0.05) is 18.8 Å². The maximum atomic E-state index is 13.5. The molecule has 0 atom stereocenters. The summed E-state index contributed by atoms with van der Waals surface area (Å²) in [6, 6.07) is 3.02. The number of anilines is 1. The fraction of sp³-hybridized carbons (Fsp3) is 0.250. The van der Waals surface area contributed by atoms with E-state index < -0.39 is 23.1 Å². The molecule has 0 aliphatic heterocycles. The molecule has 2 rings (SSSR count). The van der Waals surface area contributed by atoms with Crippen molar-refractivity contribution in [2.45, 2.75) is 19.8 Å². The lowest BCUT2D eigenvalue weighted by atomic mass is 10.1. The van der Waals surface area contributed by atoms with Gasteiger partial charge in [-0.1, -0.05) is 0 Å². The molecular weight excluding hydrogens is 354 g/mol. The second-order valence-electron chi connectivity index (χ2n) is 5.35. The molecule has 138 valence electrons. The molecule has 0 saturated heterocycles. The zero-order chi connectivity index (χ0) is 19.3. The predicted octanol–water partition coefficient (Wildman–Crippen LogP) is 4.54. The third kappa shape index (κ3) is 4.98. The van der Waals surface area contributed by atoms with Gasteiger partial charge in [0.2, 0.25) is 0 Å². The zero-order valence-electron chi connectivity index (χ0n) is 13.9. The van der Waals surface area contributed by atoms with Crippen LogP contribution in [0.1, 0.15) is 18.2 Å². The highest BCUT2D eigenvalue weighted by molar-refractivity contribution is 5.49. The molecule has 0 amide bonds. The van der Waals surface area contributed by atoms with Crippen LogP contribution < -0.4 is 10.1 Å². The highest BCUT2D eigenvalue weighted by Crippen LogP contribution is 2.31. The van der Waals surface area contributed by atoms with Crippen LogP contribution in [0.2, 0.25) is 0 Å².